The lowest BCUT2D eigenvalue weighted by atomic mass is 9.97. The van der Waals surface area contributed by atoms with Crippen molar-refractivity contribution in [2.24, 2.45) is 11.7 Å². The highest BCUT2D eigenvalue weighted by atomic mass is 16.3. The standard InChI is InChI=1S/C20H26N4O3/c21-19(25)16-6-2-10-24(14-16)11-4-9-22-20(26)23-17-7-1-5-15(13-17)18-8-3-12-27-18/h1,3,5,7-8,12-13,16H,2,4,6,9-11,14H2,(H2,21,25)(H2,22,23,26). The molecule has 1 aromatic heterocycles. The van der Waals surface area contributed by atoms with Gasteiger partial charge in [0.1, 0.15) is 5.76 Å². The summed E-state index contributed by atoms with van der Waals surface area (Å²) in [5.74, 6) is 0.500. The van der Waals surface area contributed by atoms with Crippen LogP contribution in [0.2, 0.25) is 0 Å². The Bertz CT molecular complexity index is 760. The highest BCUT2D eigenvalue weighted by Crippen LogP contribution is 2.22. The molecule has 2 heterocycles. The molecule has 2 aromatic rings. The second kappa shape index (κ2) is 9.23. The number of nitrogens with zero attached hydrogens (tertiary/aromatic N) is 1. The number of furan rings is 1. The number of amides is 3. The first-order valence-electron chi connectivity index (χ1n) is 9.32. The van der Waals surface area contributed by atoms with Gasteiger partial charge < -0.3 is 25.7 Å². The number of carbonyl (C=O) groups excluding carboxylic acids is 2. The van der Waals surface area contributed by atoms with E-state index < -0.39 is 0 Å². The molecule has 1 aliphatic rings. The Morgan fingerprint density at radius 1 is 1.26 bits per heavy atom. The van der Waals surface area contributed by atoms with Gasteiger partial charge in [-0.3, -0.25) is 4.79 Å². The first-order chi connectivity index (χ1) is 13.1. The summed E-state index contributed by atoms with van der Waals surface area (Å²) in [5.41, 5.74) is 7.02. The molecule has 0 saturated carbocycles. The zero-order chi connectivity index (χ0) is 19.1. The van der Waals surface area contributed by atoms with Gasteiger partial charge in [-0.05, 0) is 56.6 Å². The zero-order valence-electron chi connectivity index (χ0n) is 15.3. The summed E-state index contributed by atoms with van der Waals surface area (Å²) in [6, 6.07) is 11.0. The van der Waals surface area contributed by atoms with E-state index in [0.29, 0.717) is 12.2 Å². The van der Waals surface area contributed by atoms with E-state index in [1.165, 1.54) is 0 Å². The number of carbonyl (C=O) groups is 2. The van der Waals surface area contributed by atoms with Gasteiger partial charge in [-0.2, -0.15) is 0 Å². The third-order valence-corrected chi connectivity index (χ3v) is 4.77. The van der Waals surface area contributed by atoms with Crippen LogP contribution < -0.4 is 16.4 Å². The van der Waals surface area contributed by atoms with Crippen LogP contribution in [-0.2, 0) is 4.79 Å². The van der Waals surface area contributed by atoms with Crippen LogP contribution in [0.4, 0.5) is 10.5 Å². The molecular formula is C20H26N4O3. The SMILES string of the molecule is NC(=O)C1CCCN(CCCNC(=O)Nc2cccc(-c3ccco3)c2)C1. The van der Waals surface area contributed by atoms with E-state index in [2.05, 4.69) is 15.5 Å². The minimum absolute atomic E-state index is 0.0450. The third kappa shape index (κ3) is 5.59. The Morgan fingerprint density at radius 3 is 2.93 bits per heavy atom. The van der Waals surface area contributed by atoms with Crippen molar-refractivity contribution in [2.75, 3.05) is 31.5 Å². The van der Waals surface area contributed by atoms with Gasteiger partial charge in [0.15, 0.2) is 0 Å². The van der Waals surface area contributed by atoms with Gasteiger partial charge in [0.2, 0.25) is 5.91 Å². The number of urea groups is 1. The van der Waals surface area contributed by atoms with E-state index in [-0.39, 0.29) is 17.9 Å². The molecule has 3 rings (SSSR count). The average molecular weight is 370 g/mol. The molecule has 3 amide bonds. The van der Waals surface area contributed by atoms with Crippen LogP contribution in [0.3, 0.4) is 0 Å². The minimum atomic E-state index is -0.236. The van der Waals surface area contributed by atoms with E-state index in [9.17, 15) is 9.59 Å². The molecule has 0 spiro atoms. The number of piperidine rings is 1. The first-order valence-corrected chi connectivity index (χ1v) is 9.32. The average Bonchev–Trinajstić information content (AvgIpc) is 3.20. The molecule has 0 aliphatic carbocycles. The Kier molecular flexibility index (Phi) is 6.49. The second-order valence-electron chi connectivity index (χ2n) is 6.83. The van der Waals surface area contributed by atoms with Crippen LogP contribution in [-0.4, -0.2) is 43.0 Å². The van der Waals surface area contributed by atoms with Gasteiger partial charge in [-0.15, -0.1) is 0 Å². The van der Waals surface area contributed by atoms with Crippen LogP contribution in [0.5, 0.6) is 0 Å². The lowest BCUT2D eigenvalue weighted by Crippen LogP contribution is -2.42. The molecular weight excluding hydrogens is 344 g/mol. The van der Waals surface area contributed by atoms with Crippen LogP contribution >= 0.6 is 0 Å². The molecule has 1 saturated heterocycles. The minimum Gasteiger partial charge on any atom is -0.464 e. The maximum atomic E-state index is 12.1. The Balaban J connectivity index is 1.39. The number of benzene rings is 1. The number of rotatable bonds is 7. The zero-order valence-corrected chi connectivity index (χ0v) is 15.3. The lowest BCUT2D eigenvalue weighted by molar-refractivity contribution is -0.123. The highest BCUT2D eigenvalue weighted by molar-refractivity contribution is 5.89. The van der Waals surface area contributed by atoms with Crippen LogP contribution in [0, 0.1) is 5.92 Å². The monoisotopic (exact) mass is 370 g/mol. The Hall–Kier alpha value is -2.80. The predicted octanol–water partition coefficient (Wildman–Crippen LogP) is 2.66. The number of anilines is 1. The van der Waals surface area contributed by atoms with E-state index in [0.717, 1.165) is 50.2 Å². The smallest absolute Gasteiger partial charge is 0.319 e. The van der Waals surface area contributed by atoms with Crippen molar-refractivity contribution in [3.8, 4) is 11.3 Å². The molecule has 0 bridgehead atoms. The molecule has 144 valence electrons. The molecule has 1 unspecified atom stereocenters. The van der Waals surface area contributed by atoms with Crippen molar-refractivity contribution < 1.29 is 14.0 Å². The third-order valence-electron chi connectivity index (χ3n) is 4.77. The Labute approximate surface area is 158 Å². The van der Waals surface area contributed by atoms with Crippen LogP contribution in [0.1, 0.15) is 19.3 Å². The molecule has 7 heteroatoms. The molecule has 1 aromatic carbocycles. The largest absolute Gasteiger partial charge is 0.464 e. The maximum absolute atomic E-state index is 12.1. The molecule has 1 fully saturated rings. The van der Waals surface area contributed by atoms with Crippen molar-refractivity contribution in [1.82, 2.24) is 10.2 Å². The molecule has 1 atom stereocenters. The van der Waals surface area contributed by atoms with Gasteiger partial charge in [-0.1, -0.05) is 12.1 Å². The summed E-state index contributed by atoms with van der Waals surface area (Å²) in [6.07, 6.45) is 4.32. The summed E-state index contributed by atoms with van der Waals surface area (Å²) in [6.45, 7) is 3.12. The summed E-state index contributed by atoms with van der Waals surface area (Å²) in [7, 11) is 0. The highest BCUT2D eigenvalue weighted by Gasteiger charge is 2.23. The predicted molar refractivity (Wildman–Crippen MR) is 104 cm³/mol. The van der Waals surface area contributed by atoms with Gasteiger partial charge in [0, 0.05) is 24.3 Å². The topological polar surface area (TPSA) is 101 Å². The van der Waals surface area contributed by atoms with Crippen molar-refractivity contribution >= 4 is 17.6 Å². The van der Waals surface area contributed by atoms with E-state index >= 15 is 0 Å². The maximum Gasteiger partial charge on any atom is 0.319 e. The van der Waals surface area contributed by atoms with Crippen LogP contribution in [0.15, 0.2) is 47.1 Å². The second-order valence-corrected chi connectivity index (χ2v) is 6.83. The number of nitrogens with one attached hydrogen (secondary N) is 2. The normalized spacial score (nSPS) is 17.4. The molecule has 27 heavy (non-hydrogen) atoms. The van der Waals surface area contributed by atoms with Gasteiger partial charge in [-0.25, -0.2) is 4.79 Å². The summed E-state index contributed by atoms with van der Waals surface area (Å²) >= 11 is 0. The molecule has 7 nitrogen and oxygen atoms in total. The molecule has 1 aliphatic heterocycles. The Morgan fingerprint density at radius 2 is 2.15 bits per heavy atom. The number of hydrogen-bond donors (Lipinski definition) is 3. The van der Waals surface area contributed by atoms with Gasteiger partial charge in [0.05, 0.1) is 12.2 Å². The lowest BCUT2D eigenvalue weighted by Gasteiger charge is -2.31. The fourth-order valence-corrected chi connectivity index (χ4v) is 3.36. The quantitative estimate of drug-likeness (QED) is 0.652. The van der Waals surface area contributed by atoms with E-state index in [1.807, 2.05) is 36.4 Å². The van der Waals surface area contributed by atoms with Crippen LogP contribution in [0.25, 0.3) is 11.3 Å². The number of nitrogens with two attached hydrogens (primary N) is 1. The van der Waals surface area contributed by atoms with Gasteiger partial charge in [0.25, 0.3) is 0 Å². The summed E-state index contributed by atoms with van der Waals surface area (Å²) in [4.78, 5) is 25.6. The van der Waals surface area contributed by atoms with Crippen molar-refractivity contribution in [1.29, 1.82) is 0 Å². The number of likely N-dealkylation sites (tertiary alicyclic amines) is 1. The molecule has 4 N–H and O–H groups in total. The van der Waals surface area contributed by atoms with E-state index in [1.54, 1.807) is 6.26 Å². The van der Waals surface area contributed by atoms with Gasteiger partial charge >= 0.3 is 6.03 Å². The number of primary amides is 1. The first kappa shape index (κ1) is 19.0. The van der Waals surface area contributed by atoms with Crippen molar-refractivity contribution in [2.45, 2.75) is 19.3 Å². The fourth-order valence-electron chi connectivity index (χ4n) is 3.36. The number of hydrogen-bond acceptors (Lipinski definition) is 4. The summed E-state index contributed by atoms with van der Waals surface area (Å²) in [5, 5.41) is 5.71. The van der Waals surface area contributed by atoms with E-state index in [4.69, 9.17) is 10.2 Å². The molecule has 0 radical (unpaired) electrons. The fraction of sp³-hybridized carbons (Fsp3) is 0.400. The van der Waals surface area contributed by atoms with Crippen molar-refractivity contribution in [3.05, 3.63) is 42.7 Å². The summed E-state index contributed by atoms with van der Waals surface area (Å²) < 4.78 is 5.38. The van der Waals surface area contributed by atoms with Crippen molar-refractivity contribution in [3.63, 3.8) is 0 Å².